The summed E-state index contributed by atoms with van der Waals surface area (Å²) in [5.41, 5.74) is 2.22. The maximum Gasteiger partial charge on any atom is 0.266 e. The largest absolute Gasteiger partial charge is 0.306 e. The fourth-order valence-corrected chi connectivity index (χ4v) is 3.76. The summed E-state index contributed by atoms with van der Waals surface area (Å²) in [5, 5.41) is 2.87. The zero-order valence-corrected chi connectivity index (χ0v) is 13.6. The Kier molecular flexibility index (Phi) is 3.89. The summed E-state index contributed by atoms with van der Waals surface area (Å²) < 4.78 is 0.946. The number of hydrogen-bond acceptors (Lipinski definition) is 3. The third kappa shape index (κ3) is 2.79. The van der Waals surface area contributed by atoms with E-state index >= 15 is 0 Å². The number of carbonyl (C=O) groups excluding carboxylic acids is 1. The summed E-state index contributed by atoms with van der Waals surface area (Å²) in [7, 11) is 0. The van der Waals surface area contributed by atoms with Crippen molar-refractivity contribution in [2.45, 2.75) is 32.6 Å². The summed E-state index contributed by atoms with van der Waals surface area (Å²) in [4.78, 5) is 18.8. The average molecular weight is 351 g/mol. The number of nitrogens with zero attached hydrogens (tertiary/aromatic N) is 1. The number of aryl methyl sites for hydroxylation is 3. The van der Waals surface area contributed by atoms with Crippen LogP contribution in [0.5, 0.6) is 0 Å². The lowest BCUT2D eigenvalue weighted by molar-refractivity contribution is 0.103. The number of hydrogen-bond donors (Lipinski definition) is 1. The van der Waals surface area contributed by atoms with Crippen LogP contribution in [-0.4, -0.2) is 10.9 Å². The van der Waals surface area contributed by atoms with E-state index in [0.717, 1.165) is 27.9 Å². The number of fused-ring (bicyclic) bond motifs is 1. The molecule has 0 bridgehead atoms. The highest BCUT2D eigenvalue weighted by Gasteiger charge is 2.17. The van der Waals surface area contributed by atoms with Crippen LogP contribution in [-0.2, 0) is 12.8 Å². The number of carbonyl (C=O) groups is 1. The third-order valence-corrected chi connectivity index (χ3v) is 5.56. The van der Waals surface area contributed by atoms with Crippen molar-refractivity contribution in [1.82, 2.24) is 4.98 Å². The standard InChI is InChI=1S/C15H15BrN2OS/c1-9-11(16)6-7-14(17-9)18-15(19)13-8-10-4-2-3-5-12(10)20-13/h6-8H,2-5H2,1H3,(H,17,18,19). The molecule has 1 amide bonds. The molecule has 104 valence electrons. The quantitative estimate of drug-likeness (QED) is 0.874. The summed E-state index contributed by atoms with van der Waals surface area (Å²) >= 11 is 5.03. The van der Waals surface area contributed by atoms with Gasteiger partial charge in [-0.25, -0.2) is 4.98 Å². The first-order chi connectivity index (χ1) is 9.63. The van der Waals surface area contributed by atoms with Crippen molar-refractivity contribution in [3.8, 4) is 0 Å². The number of amides is 1. The van der Waals surface area contributed by atoms with Gasteiger partial charge >= 0.3 is 0 Å². The maximum absolute atomic E-state index is 12.3. The number of halogens is 1. The SMILES string of the molecule is Cc1nc(NC(=O)c2cc3c(s2)CCCC3)ccc1Br. The Hall–Kier alpha value is -1.20. The fraction of sp³-hybridized carbons (Fsp3) is 0.333. The van der Waals surface area contributed by atoms with Crippen LogP contribution < -0.4 is 5.32 Å². The van der Waals surface area contributed by atoms with E-state index in [9.17, 15) is 4.79 Å². The van der Waals surface area contributed by atoms with Crippen molar-refractivity contribution in [2.75, 3.05) is 5.32 Å². The first kappa shape index (κ1) is 13.8. The molecule has 3 rings (SSSR count). The van der Waals surface area contributed by atoms with Crippen molar-refractivity contribution in [1.29, 1.82) is 0 Å². The lowest BCUT2D eigenvalue weighted by Gasteiger charge is -2.08. The Morgan fingerprint density at radius 2 is 2.15 bits per heavy atom. The molecule has 0 radical (unpaired) electrons. The summed E-state index contributed by atoms with van der Waals surface area (Å²) in [6, 6.07) is 5.75. The fourth-order valence-electron chi connectivity index (χ4n) is 2.39. The predicted octanol–water partition coefficient (Wildman–Crippen LogP) is 4.35. The van der Waals surface area contributed by atoms with Gasteiger partial charge in [-0.15, -0.1) is 11.3 Å². The molecular weight excluding hydrogens is 336 g/mol. The van der Waals surface area contributed by atoms with E-state index < -0.39 is 0 Å². The molecule has 0 saturated heterocycles. The van der Waals surface area contributed by atoms with E-state index in [2.05, 4.69) is 26.2 Å². The van der Waals surface area contributed by atoms with Crippen LogP contribution in [0.15, 0.2) is 22.7 Å². The lowest BCUT2D eigenvalue weighted by atomic mass is 9.99. The Balaban J connectivity index is 1.78. The molecule has 0 aliphatic heterocycles. The summed E-state index contributed by atoms with van der Waals surface area (Å²) in [5.74, 6) is 0.542. The van der Waals surface area contributed by atoms with Crippen molar-refractivity contribution >= 4 is 39.0 Å². The monoisotopic (exact) mass is 350 g/mol. The molecule has 1 N–H and O–H groups in total. The molecule has 0 fully saturated rings. The van der Waals surface area contributed by atoms with Gasteiger partial charge < -0.3 is 5.32 Å². The van der Waals surface area contributed by atoms with Crippen LogP contribution in [0.3, 0.4) is 0 Å². The Labute approximate surface area is 130 Å². The summed E-state index contributed by atoms with van der Waals surface area (Å²) in [6.07, 6.45) is 4.69. The third-order valence-electron chi connectivity index (χ3n) is 3.48. The van der Waals surface area contributed by atoms with Gasteiger partial charge in [-0.1, -0.05) is 0 Å². The second-order valence-electron chi connectivity index (χ2n) is 4.98. The van der Waals surface area contributed by atoms with Crippen LogP contribution in [0, 0.1) is 6.92 Å². The normalized spacial score (nSPS) is 13.9. The van der Waals surface area contributed by atoms with E-state index in [4.69, 9.17) is 0 Å². The van der Waals surface area contributed by atoms with E-state index in [1.54, 1.807) is 11.3 Å². The topological polar surface area (TPSA) is 42.0 Å². The van der Waals surface area contributed by atoms with Crippen LogP contribution in [0.4, 0.5) is 5.82 Å². The molecule has 2 aromatic heterocycles. The van der Waals surface area contributed by atoms with Crippen molar-refractivity contribution in [2.24, 2.45) is 0 Å². The molecule has 0 aromatic carbocycles. The van der Waals surface area contributed by atoms with Gasteiger partial charge in [0.15, 0.2) is 0 Å². The molecule has 0 unspecified atom stereocenters. The van der Waals surface area contributed by atoms with E-state index in [0.29, 0.717) is 5.82 Å². The van der Waals surface area contributed by atoms with Crippen LogP contribution >= 0.6 is 27.3 Å². The van der Waals surface area contributed by atoms with Gasteiger partial charge in [0.2, 0.25) is 0 Å². The zero-order chi connectivity index (χ0) is 14.1. The number of nitrogens with one attached hydrogen (secondary N) is 1. The molecule has 3 nitrogen and oxygen atoms in total. The van der Waals surface area contributed by atoms with Gasteiger partial charge in [-0.2, -0.15) is 0 Å². The molecule has 1 aliphatic rings. The Morgan fingerprint density at radius 3 is 2.90 bits per heavy atom. The average Bonchev–Trinajstić information content (AvgIpc) is 2.87. The van der Waals surface area contributed by atoms with Crippen LogP contribution in [0.25, 0.3) is 0 Å². The van der Waals surface area contributed by atoms with Gasteiger partial charge in [0, 0.05) is 9.35 Å². The first-order valence-corrected chi connectivity index (χ1v) is 8.30. The van der Waals surface area contributed by atoms with Crippen LogP contribution in [0.1, 0.15) is 38.6 Å². The minimum absolute atomic E-state index is 0.0568. The molecular formula is C15H15BrN2OS. The lowest BCUT2D eigenvalue weighted by Crippen LogP contribution is -2.11. The maximum atomic E-state index is 12.3. The highest BCUT2D eigenvalue weighted by atomic mass is 79.9. The van der Waals surface area contributed by atoms with E-state index in [1.807, 2.05) is 25.1 Å². The zero-order valence-electron chi connectivity index (χ0n) is 11.2. The minimum Gasteiger partial charge on any atom is -0.306 e. The molecule has 1 aliphatic carbocycles. The van der Waals surface area contributed by atoms with Gasteiger partial charge in [0.1, 0.15) is 5.82 Å². The molecule has 20 heavy (non-hydrogen) atoms. The molecule has 2 aromatic rings. The van der Waals surface area contributed by atoms with Gasteiger partial charge in [-0.05, 0) is 72.3 Å². The second-order valence-corrected chi connectivity index (χ2v) is 6.98. The van der Waals surface area contributed by atoms with Gasteiger partial charge in [-0.3, -0.25) is 4.79 Å². The van der Waals surface area contributed by atoms with Crippen molar-refractivity contribution in [3.05, 3.63) is 43.7 Å². The Bertz CT molecular complexity index is 642. The minimum atomic E-state index is -0.0568. The number of pyridine rings is 1. The van der Waals surface area contributed by atoms with Crippen molar-refractivity contribution in [3.63, 3.8) is 0 Å². The number of aromatic nitrogens is 1. The number of thiophene rings is 1. The molecule has 2 heterocycles. The summed E-state index contributed by atoms with van der Waals surface area (Å²) in [6.45, 7) is 1.91. The smallest absolute Gasteiger partial charge is 0.266 e. The van der Waals surface area contributed by atoms with E-state index in [-0.39, 0.29) is 5.91 Å². The predicted molar refractivity (Wildman–Crippen MR) is 85.6 cm³/mol. The van der Waals surface area contributed by atoms with E-state index in [1.165, 1.54) is 23.3 Å². The number of anilines is 1. The molecule has 0 spiro atoms. The Morgan fingerprint density at radius 1 is 1.35 bits per heavy atom. The first-order valence-electron chi connectivity index (χ1n) is 6.69. The van der Waals surface area contributed by atoms with Gasteiger partial charge in [0.05, 0.1) is 10.6 Å². The van der Waals surface area contributed by atoms with Crippen LogP contribution in [0.2, 0.25) is 0 Å². The molecule has 0 saturated carbocycles. The highest BCUT2D eigenvalue weighted by molar-refractivity contribution is 9.10. The van der Waals surface area contributed by atoms with Gasteiger partial charge in [0.25, 0.3) is 5.91 Å². The molecule has 5 heteroatoms. The van der Waals surface area contributed by atoms with Crippen molar-refractivity contribution < 1.29 is 4.79 Å². The number of rotatable bonds is 2. The highest BCUT2D eigenvalue weighted by Crippen LogP contribution is 2.30. The molecule has 0 atom stereocenters. The second kappa shape index (κ2) is 5.66.